The Kier molecular flexibility index (Phi) is 6.34. The number of rotatable bonds is 6. The number of pyridine rings is 1. The molecule has 0 spiro atoms. The maximum atomic E-state index is 12.1. The molecule has 3 N–H and O–H groups in total. The second-order valence-electron chi connectivity index (χ2n) is 6.29. The minimum Gasteiger partial charge on any atom is -0.352 e. The number of nitrogens with zero attached hydrogens (tertiary/aromatic N) is 2. The average Bonchev–Trinajstić information content (AvgIpc) is 2.56. The van der Waals surface area contributed by atoms with Crippen LogP contribution in [0.5, 0.6) is 0 Å². The molecule has 0 aliphatic carbocycles. The molecule has 2 rings (SSSR count). The van der Waals surface area contributed by atoms with Crippen LogP contribution in [0.25, 0.3) is 0 Å². The van der Waals surface area contributed by atoms with Gasteiger partial charge in [0.2, 0.25) is 5.91 Å². The fourth-order valence-electron chi connectivity index (χ4n) is 2.77. The van der Waals surface area contributed by atoms with Crippen LogP contribution >= 0.6 is 0 Å². The first-order valence-corrected chi connectivity index (χ1v) is 8.28. The van der Waals surface area contributed by atoms with Crippen LogP contribution in [-0.4, -0.2) is 41.0 Å². The summed E-state index contributed by atoms with van der Waals surface area (Å²) in [6.45, 7) is 6.95. The van der Waals surface area contributed by atoms with Gasteiger partial charge in [0, 0.05) is 31.9 Å². The molecule has 5 heteroatoms. The van der Waals surface area contributed by atoms with E-state index in [4.69, 9.17) is 5.73 Å². The van der Waals surface area contributed by atoms with Crippen LogP contribution in [0.4, 0.5) is 0 Å². The van der Waals surface area contributed by atoms with Gasteiger partial charge in [0.05, 0.1) is 11.7 Å². The number of hydrogen-bond acceptors (Lipinski definition) is 4. The van der Waals surface area contributed by atoms with E-state index in [-0.39, 0.29) is 17.9 Å². The lowest BCUT2D eigenvalue weighted by molar-refractivity contribution is -0.124. The van der Waals surface area contributed by atoms with Crippen LogP contribution in [-0.2, 0) is 11.3 Å². The molecule has 2 atom stereocenters. The summed E-state index contributed by atoms with van der Waals surface area (Å²) in [5.41, 5.74) is 7.09. The lowest BCUT2D eigenvalue weighted by Crippen LogP contribution is -2.51. The van der Waals surface area contributed by atoms with Crippen molar-refractivity contribution in [3.8, 4) is 0 Å². The number of piperidine rings is 1. The van der Waals surface area contributed by atoms with E-state index in [0.29, 0.717) is 0 Å². The SMILES string of the molecule is CCC(C)C(N)C(=O)NC1CCN(Cc2ccccn2)CC1. The van der Waals surface area contributed by atoms with Crippen molar-refractivity contribution in [3.63, 3.8) is 0 Å². The quantitative estimate of drug-likeness (QED) is 0.836. The van der Waals surface area contributed by atoms with Crippen molar-refractivity contribution in [3.05, 3.63) is 30.1 Å². The van der Waals surface area contributed by atoms with Gasteiger partial charge in [-0.1, -0.05) is 26.3 Å². The topological polar surface area (TPSA) is 71.2 Å². The number of carbonyl (C=O) groups excluding carboxylic acids is 1. The summed E-state index contributed by atoms with van der Waals surface area (Å²) in [6.07, 6.45) is 4.72. The first-order valence-electron chi connectivity index (χ1n) is 8.28. The fourth-order valence-corrected chi connectivity index (χ4v) is 2.77. The number of nitrogens with two attached hydrogens (primary N) is 1. The summed E-state index contributed by atoms with van der Waals surface area (Å²) in [7, 11) is 0. The Hall–Kier alpha value is -1.46. The zero-order valence-corrected chi connectivity index (χ0v) is 13.7. The molecule has 1 saturated heterocycles. The summed E-state index contributed by atoms with van der Waals surface area (Å²) in [4.78, 5) is 18.9. The van der Waals surface area contributed by atoms with Crippen molar-refractivity contribution in [2.24, 2.45) is 11.7 Å². The van der Waals surface area contributed by atoms with Crippen molar-refractivity contribution >= 4 is 5.91 Å². The normalized spacial score (nSPS) is 19.6. The molecular formula is C17H28N4O. The summed E-state index contributed by atoms with van der Waals surface area (Å²) in [6, 6.07) is 5.87. The van der Waals surface area contributed by atoms with E-state index >= 15 is 0 Å². The summed E-state index contributed by atoms with van der Waals surface area (Å²) < 4.78 is 0. The van der Waals surface area contributed by atoms with Gasteiger partial charge in [-0.2, -0.15) is 0 Å². The molecule has 1 aromatic heterocycles. The number of aromatic nitrogens is 1. The number of amides is 1. The Balaban J connectivity index is 1.74. The van der Waals surface area contributed by atoms with Gasteiger partial charge in [-0.05, 0) is 30.9 Å². The standard InChI is InChI=1S/C17H28N4O/c1-3-13(2)16(18)17(22)20-14-7-10-21(11-8-14)12-15-6-4-5-9-19-15/h4-6,9,13-14,16H,3,7-8,10-12,18H2,1-2H3,(H,20,22). The minimum atomic E-state index is -0.392. The lowest BCUT2D eigenvalue weighted by atomic mass is 9.98. The highest BCUT2D eigenvalue weighted by Crippen LogP contribution is 2.14. The molecule has 0 aromatic carbocycles. The first kappa shape index (κ1) is 16.9. The first-order chi connectivity index (χ1) is 10.6. The third-order valence-corrected chi connectivity index (χ3v) is 4.61. The van der Waals surface area contributed by atoms with E-state index in [0.717, 1.165) is 44.6 Å². The Morgan fingerprint density at radius 3 is 2.77 bits per heavy atom. The van der Waals surface area contributed by atoms with E-state index in [1.165, 1.54) is 0 Å². The highest BCUT2D eigenvalue weighted by Gasteiger charge is 2.25. The van der Waals surface area contributed by atoms with Gasteiger partial charge in [0.1, 0.15) is 0 Å². The monoisotopic (exact) mass is 304 g/mol. The molecular weight excluding hydrogens is 276 g/mol. The smallest absolute Gasteiger partial charge is 0.237 e. The predicted molar refractivity (Wildman–Crippen MR) is 88.1 cm³/mol. The van der Waals surface area contributed by atoms with Crippen LogP contribution < -0.4 is 11.1 Å². The van der Waals surface area contributed by atoms with E-state index in [2.05, 4.69) is 28.2 Å². The molecule has 2 heterocycles. The summed E-state index contributed by atoms with van der Waals surface area (Å²) in [5.74, 6) is 0.224. The maximum Gasteiger partial charge on any atom is 0.237 e. The molecule has 1 fully saturated rings. The molecule has 0 saturated carbocycles. The maximum absolute atomic E-state index is 12.1. The van der Waals surface area contributed by atoms with Crippen molar-refractivity contribution in [2.75, 3.05) is 13.1 Å². The Morgan fingerprint density at radius 2 is 2.18 bits per heavy atom. The molecule has 1 aromatic rings. The van der Waals surface area contributed by atoms with Crippen molar-refractivity contribution < 1.29 is 4.79 Å². The Morgan fingerprint density at radius 1 is 1.45 bits per heavy atom. The minimum absolute atomic E-state index is 0.00229. The van der Waals surface area contributed by atoms with Crippen LogP contribution in [0.3, 0.4) is 0 Å². The second kappa shape index (κ2) is 8.25. The van der Waals surface area contributed by atoms with Gasteiger partial charge in [-0.25, -0.2) is 0 Å². The average molecular weight is 304 g/mol. The molecule has 1 amide bonds. The molecule has 0 radical (unpaired) electrons. The molecule has 5 nitrogen and oxygen atoms in total. The Bertz CT molecular complexity index is 457. The van der Waals surface area contributed by atoms with Crippen molar-refractivity contribution in [2.45, 2.75) is 51.7 Å². The van der Waals surface area contributed by atoms with Crippen LogP contribution in [0.2, 0.25) is 0 Å². The van der Waals surface area contributed by atoms with E-state index < -0.39 is 6.04 Å². The molecule has 2 unspecified atom stereocenters. The van der Waals surface area contributed by atoms with Gasteiger partial charge in [0.25, 0.3) is 0 Å². The van der Waals surface area contributed by atoms with Crippen LogP contribution in [0, 0.1) is 5.92 Å². The second-order valence-corrected chi connectivity index (χ2v) is 6.29. The van der Waals surface area contributed by atoms with Gasteiger partial charge in [-0.15, -0.1) is 0 Å². The third kappa shape index (κ3) is 4.78. The zero-order valence-electron chi connectivity index (χ0n) is 13.7. The molecule has 0 bridgehead atoms. The van der Waals surface area contributed by atoms with Crippen molar-refractivity contribution in [1.82, 2.24) is 15.2 Å². The largest absolute Gasteiger partial charge is 0.352 e. The third-order valence-electron chi connectivity index (χ3n) is 4.61. The number of likely N-dealkylation sites (tertiary alicyclic amines) is 1. The number of nitrogens with one attached hydrogen (secondary N) is 1. The Labute approximate surface area is 133 Å². The molecule has 1 aliphatic rings. The molecule has 1 aliphatic heterocycles. The van der Waals surface area contributed by atoms with E-state index in [1.807, 2.05) is 25.3 Å². The number of hydrogen-bond donors (Lipinski definition) is 2. The van der Waals surface area contributed by atoms with E-state index in [1.54, 1.807) is 0 Å². The van der Waals surface area contributed by atoms with Gasteiger partial charge < -0.3 is 11.1 Å². The van der Waals surface area contributed by atoms with E-state index in [9.17, 15) is 4.79 Å². The van der Waals surface area contributed by atoms with Gasteiger partial charge in [-0.3, -0.25) is 14.7 Å². The zero-order chi connectivity index (χ0) is 15.9. The predicted octanol–water partition coefficient (Wildman–Crippen LogP) is 1.54. The molecule has 122 valence electrons. The molecule has 22 heavy (non-hydrogen) atoms. The van der Waals surface area contributed by atoms with Gasteiger partial charge >= 0.3 is 0 Å². The van der Waals surface area contributed by atoms with Gasteiger partial charge in [0.15, 0.2) is 0 Å². The van der Waals surface area contributed by atoms with Crippen LogP contribution in [0.15, 0.2) is 24.4 Å². The van der Waals surface area contributed by atoms with Crippen molar-refractivity contribution in [1.29, 1.82) is 0 Å². The lowest BCUT2D eigenvalue weighted by Gasteiger charge is -2.33. The highest BCUT2D eigenvalue weighted by molar-refractivity contribution is 5.82. The summed E-state index contributed by atoms with van der Waals surface area (Å²) in [5, 5.41) is 3.11. The highest BCUT2D eigenvalue weighted by atomic mass is 16.2. The van der Waals surface area contributed by atoms with Crippen LogP contribution in [0.1, 0.15) is 38.8 Å². The number of carbonyl (C=O) groups is 1. The fraction of sp³-hybridized carbons (Fsp3) is 0.647. The summed E-state index contributed by atoms with van der Waals surface area (Å²) >= 11 is 0.